The van der Waals surface area contributed by atoms with Gasteiger partial charge in [0.15, 0.2) is 5.78 Å². The van der Waals surface area contributed by atoms with E-state index in [4.69, 9.17) is 0 Å². The number of carbonyl (C=O) groups is 1. The zero-order valence-corrected chi connectivity index (χ0v) is 9.33. The quantitative estimate of drug-likeness (QED) is 0.574. The highest BCUT2D eigenvalue weighted by Gasteiger charge is 2.03. The highest BCUT2D eigenvalue weighted by molar-refractivity contribution is 9.11. The van der Waals surface area contributed by atoms with E-state index >= 15 is 0 Å². The monoisotopic (exact) mass is 244 g/mol. The molecule has 0 radical (unpaired) electrons. The lowest BCUT2D eigenvalue weighted by Gasteiger charge is -1.89. The fourth-order valence-electron chi connectivity index (χ4n) is 0.785. The van der Waals surface area contributed by atoms with E-state index in [9.17, 15) is 4.79 Å². The fraction of sp³-hybridized carbons (Fsp3) is 0.222. The van der Waals surface area contributed by atoms with Crippen LogP contribution < -0.4 is 0 Å². The molecule has 0 aromatic carbocycles. The second-order valence-corrected chi connectivity index (χ2v) is 5.02. The second kappa shape index (κ2) is 4.01. The van der Waals surface area contributed by atoms with Crippen LogP contribution in [0.4, 0.5) is 0 Å². The van der Waals surface area contributed by atoms with Crippen LogP contribution in [0.3, 0.4) is 0 Å². The number of hydrogen-bond donors (Lipinski definition) is 0. The molecule has 1 nitrogen and oxygen atoms in total. The summed E-state index contributed by atoms with van der Waals surface area (Å²) in [6.07, 6.45) is 1.65. The highest BCUT2D eigenvalue weighted by atomic mass is 79.9. The molecule has 3 heteroatoms. The number of halogens is 1. The smallest absolute Gasteiger partial charge is 0.186 e. The lowest BCUT2D eigenvalue weighted by molar-refractivity contribution is 0.104. The molecule has 0 aliphatic heterocycles. The zero-order chi connectivity index (χ0) is 9.14. The average Bonchev–Trinajstić information content (AvgIpc) is 2.34. The summed E-state index contributed by atoms with van der Waals surface area (Å²) in [6.45, 7) is 3.83. The van der Waals surface area contributed by atoms with Gasteiger partial charge in [0.05, 0.1) is 3.79 Å². The van der Waals surface area contributed by atoms with Crippen LogP contribution in [0.2, 0.25) is 0 Å². The maximum atomic E-state index is 11.4. The third-order valence-electron chi connectivity index (χ3n) is 1.27. The molecule has 0 bridgehead atoms. The van der Waals surface area contributed by atoms with Crippen molar-refractivity contribution in [2.45, 2.75) is 13.8 Å². The molecule has 1 aromatic heterocycles. The summed E-state index contributed by atoms with van der Waals surface area (Å²) in [4.78, 5) is 11.4. The number of ketones is 1. The second-order valence-electron chi connectivity index (χ2n) is 2.73. The Morgan fingerprint density at radius 3 is 2.67 bits per heavy atom. The van der Waals surface area contributed by atoms with Crippen molar-refractivity contribution in [3.8, 4) is 0 Å². The van der Waals surface area contributed by atoms with E-state index in [0.717, 1.165) is 14.9 Å². The van der Waals surface area contributed by atoms with Crippen LogP contribution in [0.25, 0.3) is 0 Å². The molecule has 0 saturated heterocycles. The molecule has 0 spiro atoms. The Morgan fingerprint density at radius 2 is 2.25 bits per heavy atom. The Bertz CT molecular complexity index is 321. The number of allylic oxidation sites excluding steroid dienone is 2. The van der Waals surface area contributed by atoms with Crippen LogP contribution in [-0.2, 0) is 0 Å². The summed E-state index contributed by atoms with van der Waals surface area (Å²) in [5.41, 5.74) is 1.79. The standard InChI is InChI=1S/C9H9BrOS/c1-6(2)3-8(11)7-4-9(10)12-5-7/h3-5H,1-2H3. The maximum Gasteiger partial charge on any atom is 0.186 e. The Kier molecular flexibility index (Phi) is 3.23. The number of thiophene rings is 1. The van der Waals surface area contributed by atoms with Crippen molar-refractivity contribution in [1.29, 1.82) is 0 Å². The van der Waals surface area contributed by atoms with Gasteiger partial charge in [-0.25, -0.2) is 0 Å². The van der Waals surface area contributed by atoms with Crippen molar-refractivity contribution < 1.29 is 4.79 Å². The molecular weight excluding hydrogens is 236 g/mol. The first-order valence-electron chi connectivity index (χ1n) is 3.53. The van der Waals surface area contributed by atoms with Gasteiger partial charge in [-0.05, 0) is 41.9 Å². The van der Waals surface area contributed by atoms with Gasteiger partial charge in [-0.2, -0.15) is 0 Å². The van der Waals surface area contributed by atoms with Crippen molar-refractivity contribution >= 4 is 33.0 Å². The first-order chi connectivity index (χ1) is 5.59. The van der Waals surface area contributed by atoms with Crippen molar-refractivity contribution in [2.75, 3.05) is 0 Å². The Balaban J connectivity index is 2.86. The lowest BCUT2D eigenvalue weighted by atomic mass is 10.2. The van der Waals surface area contributed by atoms with Crippen LogP contribution in [0.5, 0.6) is 0 Å². The number of hydrogen-bond acceptors (Lipinski definition) is 2. The van der Waals surface area contributed by atoms with Gasteiger partial charge in [-0.1, -0.05) is 5.57 Å². The van der Waals surface area contributed by atoms with Gasteiger partial charge in [-0.3, -0.25) is 4.79 Å². The first-order valence-corrected chi connectivity index (χ1v) is 5.20. The normalized spacial score (nSPS) is 9.58. The van der Waals surface area contributed by atoms with Crippen molar-refractivity contribution in [1.82, 2.24) is 0 Å². The van der Waals surface area contributed by atoms with Gasteiger partial charge >= 0.3 is 0 Å². The summed E-state index contributed by atoms with van der Waals surface area (Å²) >= 11 is 4.84. The molecule has 1 aromatic rings. The van der Waals surface area contributed by atoms with Crippen LogP contribution in [0, 0.1) is 0 Å². The van der Waals surface area contributed by atoms with Crippen molar-refractivity contribution in [3.63, 3.8) is 0 Å². The van der Waals surface area contributed by atoms with Crippen molar-refractivity contribution in [2.24, 2.45) is 0 Å². The summed E-state index contributed by atoms with van der Waals surface area (Å²) in [5.74, 6) is 0.0805. The number of rotatable bonds is 2. The SMILES string of the molecule is CC(C)=CC(=O)c1csc(Br)c1. The van der Waals surface area contributed by atoms with E-state index in [1.807, 2.05) is 25.3 Å². The van der Waals surface area contributed by atoms with Crippen LogP contribution >= 0.6 is 27.3 Å². The number of carbonyl (C=O) groups excluding carboxylic acids is 1. The predicted molar refractivity (Wildman–Crippen MR) is 55.8 cm³/mol. The average molecular weight is 245 g/mol. The van der Waals surface area contributed by atoms with E-state index in [2.05, 4.69) is 15.9 Å². The van der Waals surface area contributed by atoms with E-state index in [-0.39, 0.29) is 5.78 Å². The first kappa shape index (κ1) is 9.68. The van der Waals surface area contributed by atoms with Gasteiger partial charge in [0, 0.05) is 10.9 Å². The van der Waals surface area contributed by atoms with Crippen LogP contribution in [0.1, 0.15) is 24.2 Å². The minimum atomic E-state index is 0.0805. The molecule has 0 saturated carbocycles. The zero-order valence-electron chi connectivity index (χ0n) is 6.93. The lowest BCUT2D eigenvalue weighted by Crippen LogP contribution is -1.91. The van der Waals surface area contributed by atoms with Crippen molar-refractivity contribution in [3.05, 3.63) is 32.4 Å². The van der Waals surface area contributed by atoms with Crippen LogP contribution in [-0.4, -0.2) is 5.78 Å². The molecule has 0 N–H and O–H groups in total. The third-order valence-corrected chi connectivity index (χ3v) is 2.78. The molecule has 12 heavy (non-hydrogen) atoms. The molecule has 0 aliphatic carbocycles. The fourth-order valence-corrected chi connectivity index (χ4v) is 1.93. The Hall–Kier alpha value is -0.410. The molecular formula is C9H9BrOS. The minimum absolute atomic E-state index is 0.0805. The predicted octanol–water partition coefficient (Wildman–Crippen LogP) is 3.66. The van der Waals surface area contributed by atoms with Gasteiger partial charge in [0.1, 0.15) is 0 Å². The largest absolute Gasteiger partial charge is 0.289 e. The summed E-state index contributed by atoms with van der Waals surface area (Å²) in [5, 5.41) is 1.85. The summed E-state index contributed by atoms with van der Waals surface area (Å²) < 4.78 is 0.994. The van der Waals surface area contributed by atoms with E-state index in [1.165, 1.54) is 11.3 Å². The van der Waals surface area contributed by atoms with Gasteiger partial charge in [0.2, 0.25) is 0 Å². The van der Waals surface area contributed by atoms with E-state index < -0.39 is 0 Å². The summed E-state index contributed by atoms with van der Waals surface area (Å²) in [6, 6.07) is 1.84. The van der Waals surface area contributed by atoms with Gasteiger partial charge in [0.25, 0.3) is 0 Å². The third kappa shape index (κ3) is 2.57. The van der Waals surface area contributed by atoms with Crippen LogP contribution in [0.15, 0.2) is 26.9 Å². The Labute approximate surface area is 84.2 Å². The molecule has 0 atom stereocenters. The van der Waals surface area contributed by atoms with E-state index in [1.54, 1.807) is 6.08 Å². The maximum absolute atomic E-state index is 11.4. The summed E-state index contributed by atoms with van der Waals surface area (Å²) in [7, 11) is 0. The highest BCUT2D eigenvalue weighted by Crippen LogP contribution is 2.21. The molecule has 0 unspecified atom stereocenters. The molecule has 1 heterocycles. The van der Waals surface area contributed by atoms with E-state index in [0.29, 0.717) is 0 Å². The molecule has 1 rings (SSSR count). The molecule has 0 amide bonds. The molecule has 64 valence electrons. The minimum Gasteiger partial charge on any atom is -0.289 e. The van der Waals surface area contributed by atoms with Gasteiger partial charge in [-0.15, -0.1) is 11.3 Å². The topological polar surface area (TPSA) is 17.1 Å². The Morgan fingerprint density at radius 1 is 1.58 bits per heavy atom. The van der Waals surface area contributed by atoms with Gasteiger partial charge < -0.3 is 0 Å². The molecule has 0 aliphatic rings. The molecule has 0 fully saturated rings.